The van der Waals surface area contributed by atoms with E-state index in [1.54, 1.807) is 18.2 Å². The Morgan fingerprint density at radius 1 is 1.00 bits per heavy atom. The van der Waals surface area contributed by atoms with E-state index in [1.807, 2.05) is 25.2 Å². The molecule has 3 aromatic rings. The number of aromatic nitrogens is 1. The molecule has 1 aliphatic rings. The lowest BCUT2D eigenvalue weighted by molar-refractivity contribution is -0.137. The van der Waals surface area contributed by atoms with E-state index in [9.17, 15) is 13.2 Å². The molecule has 0 saturated heterocycles. The van der Waals surface area contributed by atoms with Crippen molar-refractivity contribution >= 4 is 11.5 Å². The second-order valence-corrected chi connectivity index (χ2v) is 7.32. The number of amidine groups is 1. The molecule has 2 aromatic carbocycles. The molecule has 0 spiro atoms. The standard InChI is InChI=1S/C23H21F3N4/c1-30(14-16-6-3-2-4-7-16)15-21-28-13-18-10-9-17(12-20(18)29-21)22-19(23(24,25)26)8-5-11-27-22/h2-12H,13-15H2,1H3,(H,28,29). The van der Waals surface area contributed by atoms with Gasteiger partial charge in [0.1, 0.15) is 5.84 Å². The molecule has 2 heterocycles. The Balaban J connectivity index is 1.52. The number of halogens is 3. The number of hydrogen-bond acceptors (Lipinski definition) is 4. The minimum atomic E-state index is -4.46. The summed E-state index contributed by atoms with van der Waals surface area (Å²) in [6.07, 6.45) is -3.08. The largest absolute Gasteiger partial charge is 0.418 e. The van der Waals surface area contributed by atoms with Crippen LogP contribution in [0, 0.1) is 0 Å². The summed E-state index contributed by atoms with van der Waals surface area (Å²) in [6.45, 7) is 1.87. The number of hydrogen-bond donors (Lipinski definition) is 1. The van der Waals surface area contributed by atoms with Gasteiger partial charge in [0.15, 0.2) is 0 Å². The van der Waals surface area contributed by atoms with Gasteiger partial charge in [-0.25, -0.2) is 0 Å². The third kappa shape index (κ3) is 4.52. The normalized spacial score (nSPS) is 13.6. The van der Waals surface area contributed by atoms with Gasteiger partial charge in [0.05, 0.1) is 24.3 Å². The first-order chi connectivity index (χ1) is 14.4. The number of benzene rings is 2. The second kappa shape index (κ2) is 8.28. The fourth-order valence-corrected chi connectivity index (χ4v) is 3.51. The van der Waals surface area contributed by atoms with Crippen LogP contribution in [-0.2, 0) is 19.3 Å². The van der Waals surface area contributed by atoms with Crippen molar-refractivity contribution in [1.29, 1.82) is 0 Å². The number of likely N-dealkylation sites (N-methyl/N-ethyl adjacent to an activating group) is 1. The summed E-state index contributed by atoms with van der Waals surface area (Å²) in [5.74, 6) is 0.787. The molecule has 0 saturated carbocycles. The van der Waals surface area contributed by atoms with Crippen molar-refractivity contribution in [3.8, 4) is 11.3 Å². The molecule has 0 unspecified atom stereocenters. The molecule has 4 rings (SSSR count). The van der Waals surface area contributed by atoms with Gasteiger partial charge in [0, 0.05) is 24.0 Å². The van der Waals surface area contributed by atoms with Crippen LogP contribution in [0.5, 0.6) is 0 Å². The van der Waals surface area contributed by atoms with E-state index in [0.717, 1.165) is 29.7 Å². The molecule has 1 aliphatic heterocycles. The Morgan fingerprint density at radius 2 is 1.80 bits per heavy atom. The van der Waals surface area contributed by atoms with E-state index in [1.165, 1.54) is 17.8 Å². The maximum atomic E-state index is 13.4. The lowest BCUT2D eigenvalue weighted by Gasteiger charge is -2.24. The Hall–Kier alpha value is -3.19. The number of pyridine rings is 1. The van der Waals surface area contributed by atoms with Gasteiger partial charge in [0.25, 0.3) is 0 Å². The van der Waals surface area contributed by atoms with Crippen LogP contribution in [0.4, 0.5) is 18.9 Å². The smallest absolute Gasteiger partial charge is 0.343 e. The fraction of sp³-hybridized carbons (Fsp3) is 0.217. The third-order valence-corrected chi connectivity index (χ3v) is 4.93. The molecule has 4 nitrogen and oxygen atoms in total. The van der Waals surface area contributed by atoms with E-state index in [2.05, 4.69) is 32.3 Å². The number of anilines is 1. The van der Waals surface area contributed by atoms with Crippen LogP contribution < -0.4 is 5.32 Å². The molecule has 0 radical (unpaired) electrons. The molecule has 154 valence electrons. The summed E-state index contributed by atoms with van der Waals surface area (Å²) in [5.41, 5.74) is 2.53. The molecule has 1 aromatic heterocycles. The highest BCUT2D eigenvalue weighted by Gasteiger charge is 2.34. The summed E-state index contributed by atoms with van der Waals surface area (Å²) in [6, 6.07) is 17.7. The molecule has 30 heavy (non-hydrogen) atoms. The Bertz CT molecular complexity index is 1060. The minimum Gasteiger partial charge on any atom is -0.343 e. The highest BCUT2D eigenvalue weighted by Crippen LogP contribution is 2.37. The number of alkyl halides is 3. The zero-order chi connectivity index (χ0) is 21.1. The van der Waals surface area contributed by atoms with Crippen molar-refractivity contribution in [1.82, 2.24) is 9.88 Å². The van der Waals surface area contributed by atoms with E-state index in [0.29, 0.717) is 18.7 Å². The first kappa shape index (κ1) is 20.1. The molecule has 0 amide bonds. The minimum absolute atomic E-state index is 0.0696. The number of nitrogens with one attached hydrogen (secondary N) is 1. The Kier molecular flexibility index (Phi) is 5.55. The third-order valence-electron chi connectivity index (χ3n) is 4.93. The first-order valence-corrected chi connectivity index (χ1v) is 9.58. The lowest BCUT2D eigenvalue weighted by atomic mass is 10.0. The van der Waals surface area contributed by atoms with Crippen LogP contribution in [0.2, 0.25) is 0 Å². The van der Waals surface area contributed by atoms with Crippen molar-refractivity contribution in [3.63, 3.8) is 0 Å². The van der Waals surface area contributed by atoms with Crippen LogP contribution >= 0.6 is 0 Å². The van der Waals surface area contributed by atoms with Crippen LogP contribution in [0.15, 0.2) is 71.9 Å². The van der Waals surface area contributed by atoms with Crippen molar-refractivity contribution in [3.05, 3.63) is 83.6 Å². The van der Waals surface area contributed by atoms with Crippen molar-refractivity contribution in [2.75, 3.05) is 18.9 Å². The Labute approximate surface area is 173 Å². The molecule has 0 atom stereocenters. The van der Waals surface area contributed by atoms with Crippen molar-refractivity contribution in [2.24, 2.45) is 4.99 Å². The van der Waals surface area contributed by atoms with E-state index in [4.69, 9.17) is 0 Å². The second-order valence-electron chi connectivity index (χ2n) is 7.32. The first-order valence-electron chi connectivity index (χ1n) is 9.58. The summed E-state index contributed by atoms with van der Waals surface area (Å²) in [5, 5.41) is 3.28. The number of rotatable bonds is 5. The maximum Gasteiger partial charge on any atom is 0.418 e. The summed E-state index contributed by atoms with van der Waals surface area (Å²) >= 11 is 0. The predicted molar refractivity (Wildman–Crippen MR) is 112 cm³/mol. The van der Waals surface area contributed by atoms with Gasteiger partial charge in [-0.3, -0.25) is 14.9 Å². The molecule has 1 N–H and O–H groups in total. The average molecular weight is 410 g/mol. The highest BCUT2D eigenvalue weighted by molar-refractivity contribution is 5.99. The van der Waals surface area contributed by atoms with Crippen molar-refractivity contribution in [2.45, 2.75) is 19.3 Å². The van der Waals surface area contributed by atoms with Gasteiger partial charge < -0.3 is 5.32 Å². The predicted octanol–water partition coefficient (Wildman–Crippen LogP) is 5.22. The van der Waals surface area contributed by atoms with Crippen LogP contribution in [-0.4, -0.2) is 29.3 Å². The molecular formula is C23H21F3N4. The van der Waals surface area contributed by atoms with Gasteiger partial charge in [-0.15, -0.1) is 0 Å². The van der Waals surface area contributed by atoms with Crippen LogP contribution in [0.3, 0.4) is 0 Å². The number of nitrogens with zero attached hydrogens (tertiary/aromatic N) is 3. The van der Waals surface area contributed by atoms with Crippen LogP contribution in [0.25, 0.3) is 11.3 Å². The van der Waals surface area contributed by atoms with Gasteiger partial charge in [-0.1, -0.05) is 42.5 Å². The monoisotopic (exact) mass is 410 g/mol. The number of fused-ring (bicyclic) bond motifs is 1. The van der Waals surface area contributed by atoms with Gasteiger partial charge in [0.2, 0.25) is 0 Å². The topological polar surface area (TPSA) is 40.5 Å². The van der Waals surface area contributed by atoms with Crippen LogP contribution in [0.1, 0.15) is 16.7 Å². The molecule has 0 fully saturated rings. The lowest BCUT2D eigenvalue weighted by Crippen LogP contribution is -2.32. The zero-order valence-corrected chi connectivity index (χ0v) is 16.4. The molecule has 0 bridgehead atoms. The zero-order valence-electron chi connectivity index (χ0n) is 16.4. The molecule has 0 aliphatic carbocycles. The van der Waals surface area contributed by atoms with E-state index >= 15 is 0 Å². The SMILES string of the molecule is CN(CC1=NCc2ccc(-c3ncccc3C(F)(F)F)cc2N1)Cc1ccccc1. The van der Waals surface area contributed by atoms with Crippen molar-refractivity contribution < 1.29 is 13.2 Å². The molecular weight excluding hydrogens is 389 g/mol. The summed E-state index contributed by atoms with van der Waals surface area (Å²) in [7, 11) is 2.01. The molecule has 7 heteroatoms. The van der Waals surface area contributed by atoms with E-state index < -0.39 is 11.7 Å². The van der Waals surface area contributed by atoms with E-state index in [-0.39, 0.29) is 5.69 Å². The maximum absolute atomic E-state index is 13.4. The number of aliphatic imine (C=N–C) groups is 1. The summed E-state index contributed by atoms with van der Waals surface area (Å²) in [4.78, 5) is 10.7. The highest BCUT2D eigenvalue weighted by atomic mass is 19.4. The Morgan fingerprint density at radius 3 is 2.57 bits per heavy atom. The average Bonchev–Trinajstić information content (AvgIpc) is 2.73. The fourth-order valence-electron chi connectivity index (χ4n) is 3.51. The van der Waals surface area contributed by atoms with Gasteiger partial charge >= 0.3 is 6.18 Å². The quantitative estimate of drug-likeness (QED) is 0.627. The van der Waals surface area contributed by atoms with Gasteiger partial charge in [-0.05, 0) is 36.4 Å². The van der Waals surface area contributed by atoms with Gasteiger partial charge in [-0.2, -0.15) is 13.2 Å². The summed E-state index contributed by atoms with van der Waals surface area (Å²) < 4.78 is 40.1.